The van der Waals surface area contributed by atoms with Crippen LogP contribution in [0.4, 0.5) is 13.2 Å². The maximum Gasteiger partial charge on any atom is 0.416 e. The highest BCUT2D eigenvalue weighted by Gasteiger charge is 2.30. The van der Waals surface area contributed by atoms with Gasteiger partial charge in [-0.15, -0.1) is 0 Å². The second-order valence-electron chi connectivity index (χ2n) is 4.50. The van der Waals surface area contributed by atoms with E-state index in [9.17, 15) is 13.2 Å². The van der Waals surface area contributed by atoms with Crippen molar-refractivity contribution in [3.05, 3.63) is 59.9 Å². The minimum atomic E-state index is -4.39. The van der Waals surface area contributed by atoms with Crippen LogP contribution in [0, 0.1) is 11.3 Å². The maximum atomic E-state index is 12.7. The van der Waals surface area contributed by atoms with E-state index in [0.717, 1.165) is 12.1 Å². The number of fused-ring (bicyclic) bond motifs is 1. The smallest absolute Gasteiger partial charge is 0.306 e. The summed E-state index contributed by atoms with van der Waals surface area (Å²) in [5.41, 5.74) is 1.15. The number of alkyl halides is 3. The number of aromatic nitrogens is 2. The Balaban J connectivity index is 2.11. The molecular weight excluding hydrogens is 279 g/mol. The van der Waals surface area contributed by atoms with E-state index in [2.05, 4.69) is 4.98 Å². The van der Waals surface area contributed by atoms with Gasteiger partial charge in [-0.3, -0.25) is 0 Å². The molecule has 2 heterocycles. The second kappa shape index (κ2) is 4.63. The van der Waals surface area contributed by atoms with E-state index in [1.807, 2.05) is 6.07 Å². The molecule has 0 radical (unpaired) electrons. The van der Waals surface area contributed by atoms with E-state index in [1.54, 1.807) is 30.5 Å². The number of pyridine rings is 1. The monoisotopic (exact) mass is 287 g/mol. The summed E-state index contributed by atoms with van der Waals surface area (Å²) in [6, 6.07) is 10.8. The molecule has 0 spiro atoms. The van der Waals surface area contributed by atoms with Crippen molar-refractivity contribution in [3.8, 4) is 17.3 Å². The molecule has 3 nitrogen and oxygen atoms in total. The molecule has 0 N–H and O–H groups in total. The van der Waals surface area contributed by atoms with Crippen molar-refractivity contribution in [2.45, 2.75) is 6.18 Å². The third kappa shape index (κ3) is 2.46. The van der Waals surface area contributed by atoms with E-state index >= 15 is 0 Å². The standard InChI is InChI=1S/C15H8F3N3/c16-15(17,18)12-4-5-21-9-13(20-14(21)7-12)11-3-1-2-10(6-11)8-19/h1-7,9H. The molecule has 0 atom stereocenters. The normalized spacial score (nSPS) is 11.5. The van der Waals surface area contributed by atoms with Crippen LogP contribution in [0.25, 0.3) is 16.9 Å². The van der Waals surface area contributed by atoms with Crippen LogP contribution in [0.15, 0.2) is 48.8 Å². The van der Waals surface area contributed by atoms with Crippen molar-refractivity contribution >= 4 is 5.65 Å². The van der Waals surface area contributed by atoms with Crippen molar-refractivity contribution in [1.82, 2.24) is 9.38 Å². The zero-order chi connectivity index (χ0) is 15.0. The first kappa shape index (κ1) is 13.2. The van der Waals surface area contributed by atoms with Gasteiger partial charge < -0.3 is 4.40 Å². The number of nitrogens with zero attached hydrogens (tertiary/aromatic N) is 3. The van der Waals surface area contributed by atoms with Gasteiger partial charge in [-0.2, -0.15) is 18.4 Å². The fourth-order valence-corrected chi connectivity index (χ4v) is 2.05. The first-order valence-electron chi connectivity index (χ1n) is 6.04. The summed E-state index contributed by atoms with van der Waals surface area (Å²) in [5.74, 6) is 0. The van der Waals surface area contributed by atoms with Crippen LogP contribution in [0.5, 0.6) is 0 Å². The average molecular weight is 287 g/mol. The molecule has 0 saturated heterocycles. The molecule has 0 bridgehead atoms. The Labute approximate surface area is 117 Å². The van der Waals surface area contributed by atoms with Gasteiger partial charge in [0.05, 0.1) is 22.9 Å². The summed E-state index contributed by atoms with van der Waals surface area (Å²) >= 11 is 0. The summed E-state index contributed by atoms with van der Waals surface area (Å²) in [6.45, 7) is 0. The van der Waals surface area contributed by atoms with Crippen LogP contribution < -0.4 is 0 Å². The Morgan fingerprint density at radius 2 is 1.95 bits per heavy atom. The number of hydrogen-bond donors (Lipinski definition) is 0. The van der Waals surface area contributed by atoms with Crippen LogP contribution in [-0.2, 0) is 6.18 Å². The lowest BCUT2D eigenvalue weighted by Crippen LogP contribution is -2.05. The third-order valence-corrected chi connectivity index (χ3v) is 3.07. The van der Waals surface area contributed by atoms with Gasteiger partial charge in [0.25, 0.3) is 0 Å². The Hall–Kier alpha value is -2.81. The predicted molar refractivity (Wildman–Crippen MR) is 70.3 cm³/mol. The van der Waals surface area contributed by atoms with E-state index in [4.69, 9.17) is 5.26 Å². The van der Waals surface area contributed by atoms with E-state index in [1.165, 1.54) is 10.6 Å². The molecule has 3 rings (SSSR count). The van der Waals surface area contributed by atoms with Gasteiger partial charge in [0.1, 0.15) is 5.65 Å². The van der Waals surface area contributed by atoms with Crippen molar-refractivity contribution in [2.24, 2.45) is 0 Å². The molecule has 0 aliphatic heterocycles. The lowest BCUT2D eigenvalue weighted by atomic mass is 10.1. The predicted octanol–water partition coefficient (Wildman–Crippen LogP) is 3.89. The van der Waals surface area contributed by atoms with Gasteiger partial charge in [-0.05, 0) is 24.3 Å². The Kier molecular flexibility index (Phi) is 2.91. The number of halogens is 3. The van der Waals surface area contributed by atoms with Crippen molar-refractivity contribution in [3.63, 3.8) is 0 Å². The lowest BCUT2D eigenvalue weighted by molar-refractivity contribution is -0.137. The van der Waals surface area contributed by atoms with Crippen LogP contribution >= 0.6 is 0 Å². The summed E-state index contributed by atoms with van der Waals surface area (Å²) in [4.78, 5) is 4.19. The van der Waals surface area contributed by atoms with Gasteiger partial charge in [0.2, 0.25) is 0 Å². The fraction of sp³-hybridized carbons (Fsp3) is 0.0667. The molecule has 0 unspecified atom stereocenters. The maximum absolute atomic E-state index is 12.7. The van der Waals surface area contributed by atoms with Crippen LogP contribution in [0.3, 0.4) is 0 Å². The third-order valence-electron chi connectivity index (χ3n) is 3.07. The Morgan fingerprint density at radius 1 is 1.14 bits per heavy atom. The molecule has 21 heavy (non-hydrogen) atoms. The lowest BCUT2D eigenvalue weighted by Gasteiger charge is -2.05. The van der Waals surface area contributed by atoms with E-state index in [0.29, 0.717) is 16.8 Å². The zero-order valence-corrected chi connectivity index (χ0v) is 10.6. The van der Waals surface area contributed by atoms with Crippen LogP contribution in [0.1, 0.15) is 11.1 Å². The molecule has 0 saturated carbocycles. The number of imidazole rings is 1. The highest BCUT2D eigenvalue weighted by Crippen LogP contribution is 2.30. The largest absolute Gasteiger partial charge is 0.416 e. The first-order valence-corrected chi connectivity index (χ1v) is 6.04. The number of benzene rings is 1. The molecule has 0 aliphatic rings. The molecule has 2 aromatic heterocycles. The fourth-order valence-electron chi connectivity index (χ4n) is 2.05. The topological polar surface area (TPSA) is 41.1 Å². The average Bonchev–Trinajstić information content (AvgIpc) is 2.89. The van der Waals surface area contributed by atoms with Gasteiger partial charge in [-0.1, -0.05) is 12.1 Å². The zero-order valence-electron chi connectivity index (χ0n) is 10.6. The number of rotatable bonds is 1. The second-order valence-corrected chi connectivity index (χ2v) is 4.50. The molecule has 0 fully saturated rings. The first-order chi connectivity index (χ1) is 9.97. The highest BCUT2D eigenvalue weighted by molar-refractivity contribution is 5.64. The molecular formula is C15H8F3N3. The van der Waals surface area contributed by atoms with Crippen molar-refractivity contribution < 1.29 is 13.2 Å². The molecule has 6 heteroatoms. The highest BCUT2D eigenvalue weighted by atomic mass is 19.4. The van der Waals surface area contributed by atoms with E-state index in [-0.39, 0.29) is 5.65 Å². The molecule has 1 aromatic carbocycles. The van der Waals surface area contributed by atoms with E-state index < -0.39 is 11.7 Å². The Bertz CT molecular complexity index is 856. The molecule has 3 aromatic rings. The summed E-state index contributed by atoms with van der Waals surface area (Å²) in [6.07, 6.45) is -1.44. The number of nitriles is 1. The summed E-state index contributed by atoms with van der Waals surface area (Å²) in [5, 5.41) is 8.87. The molecule has 0 aliphatic carbocycles. The minimum Gasteiger partial charge on any atom is -0.306 e. The van der Waals surface area contributed by atoms with Crippen molar-refractivity contribution in [2.75, 3.05) is 0 Å². The van der Waals surface area contributed by atoms with Crippen LogP contribution in [0.2, 0.25) is 0 Å². The van der Waals surface area contributed by atoms with Gasteiger partial charge in [0, 0.05) is 18.0 Å². The molecule has 0 amide bonds. The molecule has 104 valence electrons. The number of hydrogen-bond acceptors (Lipinski definition) is 2. The van der Waals surface area contributed by atoms with Gasteiger partial charge in [0.15, 0.2) is 0 Å². The van der Waals surface area contributed by atoms with Crippen molar-refractivity contribution in [1.29, 1.82) is 5.26 Å². The van der Waals surface area contributed by atoms with Gasteiger partial charge >= 0.3 is 6.18 Å². The SMILES string of the molecule is N#Cc1cccc(-c2cn3ccc(C(F)(F)F)cc3n2)c1. The minimum absolute atomic E-state index is 0.210. The summed E-state index contributed by atoms with van der Waals surface area (Å²) in [7, 11) is 0. The Morgan fingerprint density at radius 3 is 2.67 bits per heavy atom. The quantitative estimate of drug-likeness (QED) is 0.681. The van der Waals surface area contributed by atoms with Gasteiger partial charge in [-0.25, -0.2) is 4.98 Å². The summed E-state index contributed by atoms with van der Waals surface area (Å²) < 4.78 is 39.5. The van der Waals surface area contributed by atoms with Crippen LogP contribution in [-0.4, -0.2) is 9.38 Å².